The Hall–Kier alpha value is -2.91. The highest BCUT2D eigenvalue weighted by atomic mass is 16.5. The lowest BCUT2D eigenvalue weighted by Crippen LogP contribution is -2.43. The average Bonchev–Trinajstić information content (AvgIpc) is 3.14. The molecule has 2 aromatic rings. The van der Waals surface area contributed by atoms with Crippen molar-refractivity contribution in [3.8, 4) is 11.5 Å². The van der Waals surface area contributed by atoms with Gasteiger partial charge in [0.2, 0.25) is 5.91 Å². The van der Waals surface area contributed by atoms with Crippen LogP contribution >= 0.6 is 0 Å². The van der Waals surface area contributed by atoms with Crippen LogP contribution in [-0.2, 0) is 11.3 Å². The Kier molecular flexibility index (Phi) is 5.82. The number of carbonyl (C=O) groups is 1. The summed E-state index contributed by atoms with van der Waals surface area (Å²) >= 11 is 0. The van der Waals surface area contributed by atoms with Crippen molar-refractivity contribution in [1.82, 2.24) is 26.1 Å². The number of nitrogens with one attached hydrogen (secondary N) is 4. The summed E-state index contributed by atoms with van der Waals surface area (Å²) in [5, 5.41) is 2.76. The van der Waals surface area contributed by atoms with E-state index in [1.807, 2.05) is 24.3 Å². The quantitative estimate of drug-likeness (QED) is 0.537. The van der Waals surface area contributed by atoms with Gasteiger partial charge in [-0.2, -0.15) is 0 Å². The van der Waals surface area contributed by atoms with Crippen LogP contribution in [0.4, 0.5) is 0 Å². The van der Waals surface area contributed by atoms with Crippen molar-refractivity contribution in [2.75, 3.05) is 13.7 Å². The summed E-state index contributed by atoms with van der Waals surface area (Å²) in [6.07, 6.45) is 1.88. The minimum atomic E-state index is -0.386. The normalized spacial score (nSPS) is 19.1. The van der Waals surface area contributed by atoms with Crippen molar-refractivity contribution < 1.29 is 14.3 Å². The molecule has 9 nitrogen and oxygen atoms in total. The van der Waals surface area contributed by atoms with Crippen LogP contribution in [0, 0.1) is 0 Å². The summed E-state index contributed by atoms with van der Waals surface area (Å²) in [6.45, 7) is 0.593. The molecule has 0 radical (unpaired) electrons. The summed E-state index contributed by atoms with van der Waals surface area (Å²) in [5.41, 5.74) is 6.27. The Morgan fingerprint density at radius 2 is 2.12 bits per heavy atom. The number of amides is 1. The molecule has 138 valence electrons. The molecule has 2 unspecified atom stereocenters. The van der Waals surface area contributed by atoms with Crippen molar-refractivity contribution in [2.45, 2.75) is 25.0 Å². The Bertz CT molecular complexity index is 809. The number of aromatic nitrogens is 2. The van der Waals surface area contributed by atoms with Crippen LogP contribution in [-0.4, -0.2) is 41.7 Å². The summed E-state index contributed by atoms with van der Waals surface area (Å²) in [6, 6.07) is 8.35. The number of nitrogens with zero attached hydrogens (tertiary/aromatic N) is 1. The number of para-hydroxylation sites is 2. The summed E-state index contributed by atoms with van der Waals surface area (Å²) in [4.78, 5) is 29.9. The molecule has 2 heterocycles. The average molecular weight is 359 g/mol. The second-order valence-corrected chi connectivity index (χ2v) is 5.86. The van der Waals surface area contributed by atoms with E-state index in [1.165, 1.54) is 12.4 Å². The Balaban J connectivity index is 1.45. The van der Waals surface area contributed by atoms with Gasteiger partial charge in [-0.25, -0.2) is 10.4 Å². The number of carbonyl (C=O) groups excluding carboxylic acids is 1. The first kappa shape index (κ1) is 17.9. The van der Waals surface area contributed by atoms with Crippen LogP contribution in [0.25, 0.3) is 0 Å². The third kappa shape index (κ3) is 4.58. The largest absolute Gasteiger partial charge is 0.493 e. The van der Waals surface area contributed by atoms with Crippen molar-refractivity contribution in [1.29, 1.82) is 0 Å². The number of benzene rings is 1. The number of hydrazine groups is 1. The van der Waals surface area contributed by atoms with Crippen molar-refractivity contribution in [2.24, 2.45) is 0 Å². The molecule has 9 heteroatoms. The molecule has 0 aliphatic carbocycles. The molecule has 2 atom stereocenters. The molecule has 1 amide bonds. The van der Waals surface area contributed by atoms with E-state index in [1.54, 1.807) is 7.11 Å². The number of hydrogen-bond donors (Lipinski definition) is 4. The first-order chi connectivity index (χ1) is 12.7. The highest BCUT2D eigenvalue weighted by Gasteiger charge is 2.29. The molecule has 1 aromatic heterocycles. The van der Waals surface area contributed by atoms with Gasteiger partial charge in [-0.15, -0.1) is 0 Å². The summed E-state index contributed by atoms with van der Waals surface area (Å²) in [7, 11) is 1.59. The lowest BCUT2D eigenvalue weighted by Gasteiger charge is -2.13. The maximum absolute atomic E-state index is 12.2. The zero-order valence-electron chi connectivity index (χ0n) is 14.3. The highest BCUT2D eigenvalue weighted by molar-refractivity contribution is 5.81. The predicted octanol–water partition coefficient (Wildman–Crippen LogP) is -0.291. The molecule has 1 saturated heterocycles. The van der Waals surface area contributed by atoms with Crippen molar-refractivity contribution in [3.63, 3.8) is 0 Å². The monoisotopic (exact) mass is 359 g/mol. The Labute approximate surface area is 150 Å². The van der Waals surface area contributed by atoms with Gasteiger partial charge in [-0.05, 0) is 18.6 Å². The molecule has 26 heavy (non-hydrogen) atoms. The van der Waals surface area contributed by atoms with E-state index in [2.05, 4.69) is 26.1 Å². The van der Waals surface area contributed by atoms with E-state index in [-0.39, 0.29) is 30.1 Å². The molecule has 1 aliphatic heterocycles. The SMILES string of the molecule is COc1ccccc1OCC1CC(C(=O)NCc2cc(=O)[nH]cn2)NN1. The minimum Gasteiger partial charge on any atom is -0.493 e. The second kappa shape index (κ2) is 8.45. The Morgan fingerprint density at radius 3 is 2.88 bits per heavy atom. The van der Waals surface area contributed by atoms with Crippen LogP contribution in [0.5, 0.6) is 11.5 Å². The maximum Gasteiger partial charge on any atom is 0.250 e. The van der Waals surface area contributed by atoms with Gasteiger partial charge in [-0.1, -0.05) is 12.1 Å². The fourth-order valence-electron chi connectivity index (χ4n) is 2.64. The highest BCUT2D eigenvalue weighted by Crippen LogP contribution is 2.26. The standard InChI is InChI=1S/C17H21N5O4/c1-25-14-4-2-3-5-15(14)26-9-12-6-13(22-21-12)17(24)18-8-11-7-16(23)20-10-19-11/h2-5,7,10,12-13,21-22H,6,8-9H2,1H3,(H,18,24)(H,19,20,23). The van der Waals surface area contributed by atoms with Crippen LogP contribution in [0.15, 0.2) is 41.5 Å². The van der Waals surface area contributed by atoms with Crippen LogP contribution < -0.4 is 31.2 Å². The van der Waals surface area contributed by atoms with Crippen molar-refractivity contribution in [3.05, 3.63) is 52.7 Å². The molecular weight excluding hydrogens is 338 g/mol. The zero-order valence-corrected chi connectivity index (χ0v) is 14.3. The molecule has 0 bridgehead atoms. The molecule has 1 aromatic carbocycles. The lowest BCUT2D eigenvalue weighted by atomic mass is 10.1. The van der Waals surface area contributed by atoms with E-state index in [4.69, 9.17) is 9.47 Å². The van der Waals surface area contributed by atoms with Gasteiger partial charge in [0, 0.05) is 6.07 Å². The van der Waals surface area contributed by atoms with E-state index >= 15 is 0 Å². The third-order valence-electron chi connectivity index (χ3n) is 3.99. The smallest absolute Gasteiger partial charge is 0.250 e. The van der Waals surface area contributed by atoms with E-state index in [9.17, 15) is 9.59 Å². The van der Waals surface area contributed by atoms with Crippen LogP contribution in [0.2, 0.25) is 0 Å². The molecule has 1 aliphatic rings. The zero-order chi connectivity index (χ0) is 18.4. The van der Waals surface area contributed by atoms with Gasteiger partial charge in [0.1, 0.15) is 12.6 Å². The molecule has 4 N–H and O–H groups in total. The topological polar surface area (TPSA) is 117 Å². The number of methoxy groups -OCH3 is 1. The molecule has 0 spiro atoms. The number of aromatic amines is 1. The number of hydrogen-bond acceptors (Lipinski definition) is 7. The molecule has 3 rings (SSSR count). The van der Waals surface area contributed by atoms with E-state index < -0.39 is 0 Å². The molecular formula is C17H21N5O4. The number of H-pyrrole nitrogens is 1. The number of rotatable bonds is 7. The van der Waals surface area contributed by atoms with Gasteiger partial charge in [-0.3, -0.25) is 15.0 Å². The van der Waals surface area contributed by atoms with Crippen molar-refractivity contribution >= 4 is 5.91 Å². The van der Waals surface area contributed by atoms with Gasteiger partial charge in [0.15, 0.2) is 11.5 Å². The maximum atomic E-state index is 12.2. The Morgan fingerprint density at radius 1 is 1.31 bits per heavy atom. The third-order valence-corrected chi connectivity index (χ3v) is 3.99. The van der Waals surface area contributed by atoms with Crippen LogP contribution in [0.3, 0.4) is 0 Å². The fraction of sp³-hybridized carbons (Fsp3) is 0.353. The van der Waals surface area contributed by atoms with E-state index in [0.29, 0.717) is 30.2 Å². The van der Waals surface area contributed by atoms with Crippen LogP contribution in [0.1, 0.15) is 12.1 Å². The summed E-state index contributed by atoms with van der Waals surface area (Å²) in [5.74, 6) is 1.16. The van der Waals surface area contributed by atoms with Gasteiger partial charge >= 0.3 is 0 Å². The fourth-order valence-corrected chi connectivity index (χ4v) is 2.64. The predicted molar refractivity (Wildman–Crippen MR) is 93.7 cm³/mol. The van der Waals surface area contributed by atoms with Gasteiger partial charge in [0.25, 0.3) is 5.56 Å². The molecule has 1 fully saturated rings. The second-order valence-electron chi connectivity index (χ2n) is 5.86. The van der Waals surface area contributed by atoms with E-state index in [0.717, 1.165) is 0 Å². The van der Waals surface area contributed by atoms with Gasteiger partial charge in [0.05, 0.1) is 31.7 Å². The first-order valence-electron chi connectivity index (χ1n) is 8.24. The first-order valence-corrected chi connectivity index (χ1v) is 8.24. The number of ether oxygens (including phenoxy) is 2. The molecule has 0 saturated carbocycles. The lowest BCUT2D eigenvalue weighted by molar-refractivity contribution is -0.123. The minimum absolute atomic E-state index is 0.0200. The summed E-state index contributed by atoms with van der Waals surface area (Å²) < 4.78 is 11.0. The van der Waals surface area contributed by atoms with Gasteiger partial charge < -0.3 is 19.8 Å².